The quantitative estimate of drug-likeness (QED) is 0.116. The Labute approximate surface area is 291 Å². The Morgan fingerprint density at radius 2 is 0.480 bits per heavy atom. The smallest absolute Gasteiger partial charge is 0.0327 e. The standard InChI is InChI=1S/C50H26/c1-3-33-11-5-17-39-27-41-19-7-13-35(47(41)30-45(33)39)23-25-37-15-9-21-43-29-44-22-10-16-38(50(44)32-49(37)43)26-24-36-14-8-20-42-28-40-18-6-12-34(4-2)46(40)31-48(36)42/h1-2,5-22,27-32H. The van der Waals surface area contributed by atoms with Gasteiger partial charge in [-0.15, -0.1) is 12.8 Å². The van der Waals surface area contributed by atoms with Gasteiger partial charge in [0.1, 0.15) is 0 Å². The van der Waals surface area contributed by atoms with Crippen LogP contribution in [0.2, 0.25) is 0 Å². The lowest BCUT2D eigenvalue weighted by atomic mass is 9.95. The molecule has 0 aliphatic carbocycles. The highest BCUT2D eigenvalue weighted by Crippen LogP contribution is 2.31. The molecule has 0 radical (unpaired) electrons. The van der Waals surface area contributed by atoms with E-state index < -0.39 is 0 Å². The maximum absolute atomic E-state index is 5.84. The Kier molecular flexibility index (Phi) is 6.83. The van der Waals surface area contributed by atoms with Gasteiger partial charge >= 0.3 is 0 Å². The number of fused-ring (bicyclic) bond motifs is 6. The average molecular weight is 627 g/mol. The third-order valence-electron chi connectivity index (χ3n) is 9.61. The molecule has 0 saturated carbocycles. The SMILES string of the molecule is C#Cc1cccc2cc3cccc(C#Cc4cccc5cc6cccc(C#Cc7cccc8cc9cccc(C#C)c9cc78)c6cc45)c3cc12. The summed E-state index contributed by atoms with van der Waals surface area (Å²) in [4.78, 5) is 0. The van der Waals surface area contributed by atoms with Crippen LogP contribution < -0.4 is 0 Å². The van der Waals surface area contributed by atoms with Gasteiger partial charge in [0, 0.05) is 33.4 Å². The van der Waals surface area contributed by atoms with Crippen molar-refractivity contribution in [2.45, 2.75) is 0 Å². The van der Waals surface area contributed by atoms with Crippen LogP contribution in [0.25, 0.3) is 64.6 Å². The van der Waals surface area contributed by atoms with Gasteiger partial charge in [-0.25, -0.2) is 0 Å². The summed E-state index contributed by atoms with van der Waals surface area (Å²) in [7, 11) is 0. The van der Waals surface area contributed by atoms with Crippen molar-refractivity contribution >= 4 is 64.6 Å². The van der Waals surface area contributed by atoms with Crippen molar-refractivity contribution in [3.05, 3.63) is 179 Å². The van der Waals surface area contributed by atoms with Gasteiger partial charge in [-0.1, -0.05) is 108 Å². The van der Waals surface area contributed by atoms with Crippen LogP contribution in [-0.2, 0) is 0 Å². The average Bonchev–Trinajstić information content (AvgIpc) is 3.16. The number of hydrogen-bond acceptors (Lipinski definition) is 0. The number of hydrogen-bond donors (Lipinski definition) is 0. The second kappa shape index (κ2) is 11.8. The molecule has 0 spiro atoms. The van der Waals surface area contributed by atoms with Crippen molar-refractivity contribution in [2.75, 3.05) is 0 Å². The molecule has 9 aromatic carbocycles. The second-order valence-corrected chi connectivity index (χ2v) is 12.5. The molecule has 0 bridgehead atoms. The largest absolute Gasteiger partial charge is 0.115 e. The zero-order chi connectivity index (χ0) is 33.6. The number of terminal acetylenes is 2. The van der Waals surface area contributed by atoms with E-state index in [1.54, 1.807) is 0 Å². The van der Waals surface area contributed by atoms with E-state index in [1.165, 1.54) is 0 Å². The van der Waals surface area contributed by atoms with Crippen LogP contribution >= 0.6 is 0 Å². The van der Waals surface area contributed by atoms with Crippen molar-refractivity contribution in [2.24, 2.45) is 0 Å². The minimum atomic E-state index is 0.888. The summed E-state index contributed by atoms with van der Waals surface area (Å²) in [5.74, 6) is 19.7. The van der Waals surface area contributed by atoms with Crippen LogP contribution in [0.15, 0.2) is 146 Å². The topological polar surface area (TPSA) is 0 Å². The first-order valence-corrected chi connectivity index (χ1v) is 16.5. The molecule has 0 unspecified atom stereocenters. The zero-order valence-corrected chi connectivity index (χ0v) is 27.0. The fourth-order valence-corrected chi connectivity index (χ4v) is 7.11. The predicted octanol–water partition coefficient (Wildman–Crippen LogP) is 11.4. The molecule has 226 valence electrons. The van der Waals surface area contributed by atoms with Gasteiger partial charge in [0.2, 0.25) is 0 Å². The van der Waals surface area contributed by atoms with Crippen molar-refractivity contribution in [3.8, 4) is 48.4 Å². The molecule has 50 heavy (non-hydrogen) atoms. The summed E-state index contributed by atoms with van der Waals surface area (Å²) >= 11 is 0. The Morgan fingerprint density at radius 1 is 0.260 bits per heavy atom. The van der Waals surface area contributed by atoms with Gasteiger partial charge in [-0.3, -0.25) is 0 Å². The number of rotatable bonds is 0. The maximum atomic E-state index is 5.84. The van der Waals surface area contributed by atoms with Gasteiger partial charge in [-0.2, -0.15) is 0 Å². The number of benzene rings is 9. The summed E-state index contributed by atoms with van der Waals surface area (Å²) in [6.45, 7) is 0. The highest BCUT2D eigenvalue weighted by atomic mass is 14.1. The van der Waals surface area contributed by atoms with Gasteiger partial charge in [-0.05, 0) is 137 Å². The first kappa shape index (κ1) is 29.0. The molecule has 0 N–H and O–H groups in total. The molecule has 0 saturated heterocycles. The van der Waals surface area contributed by atoms with E-state index in [9.17, 15) is 0 Å². The summed E-state index contributed by atoms with van der Waals surface area (Å²) in [6.07, 6.45) is 11.7. The molecule has 9 rings (SSSR count). The van der Waals surface area contributed by atoms with Gasteiger partial charge in [0.25, 0.3) is 0 Å². The van der Waals surface area contributed by atoms with Crippen LogP contribution in [0.4, 0.5) is 0 Å². The first-order valence-electron chi connectivity index (χ1n) is 16.5. The molecule has 9 aromatic rings. The normalized spacial score (nSPS) is 10.8. The van der Waals surface area contributed by atoms with E-state index >= 15 is 0 Å². The highest BCUT2D eigenvalue weighted by molar-refractivity contribution is 6.05. The van der Waals surface area contributed by atoms with Gasteiger partial charge in [0.15, 0.2) is 0 Å². The van der Waals surface area contributed by atoms with Crippen molar-refractivity contribution in [3.63, 3.8) is 0 Å². The van der Waals surface area contributed by atoms with E-state index in [-0.39, 0.29) is 0 Å². The van der Waals surface area contributed by atoms with Crippen LogP contribution in [0.5, 0.6) is 0 Å². The molecule has 0 atom stereocenters. The van der Waals surface area contributed by atoms with E-state index in [0.717, 1.165) is 98.0 Å². The second-order valence-electron chi connectivity index (χ2n) is 12.5. The minimum absolute atomic E-state index is 0.888. The monoisotopic (exact) mass is 626 g/mol. The molecule has 0 heterocycles. The van der Waals surface area contributed by atoms with E-state index in [4.69, 9.17) is 12.8 Å². The lowest BCUT2D eigenvalue weighted by Crippen LogP contribution is -1.87. The van der Waals surface area contributed by atoms with Gasteiger partial charge < -0.3 is 0 Å². The molecule has 0 fully saturated rings. The Bertz CT molecular complexity index is 2910. The Hall–Kier alpha value is -7.22. The molecular formula is C50H26. The van der Waals surface area contributed by atoms with Crippen LogP contribution in [0.3, 0.4) is 0 Å². The molecule has 0 amide bonds. The highest BCUT2D eigenvalue weighted by Gasteiger charge is 2.08. The third kappa shape index (κ3) is 4.90. The summed E-state index contributed by atoms with van der Waals surface area (Å²) in [5.41, 5.74) is 5.66. The molecule has 0 aliphatic rings. The first-order chi connectivity index (χ1) is 24.7. The summed E-state index contributed by atoms with van der Waals surface area (Å²) < 4.78 is 0. The van der Waals surface area contributed by atoms with Crippen LogP contribution in [0.1, 0.15) is 33.4 Å². The Morgan fingerprint density at radius 3 is 0.720 bits per heavy atom. The van der Waals surface area contributed by atoms with Gasteiger partial charge in [0.05, 0.1) is 0 Å². The third-order valence-corrected chi connectivity index (χ3v) is 9.61. The predicted molar refractivity (Wildman–Crippen MR) is 212 cm³/mol. The molecule has 0 nitrogen and oxygen atoms in total. The van der Waals surface area contributed by atoms with Crippen molar-refractivity contribution in [1.82, 2.24) is 0 Å². The fourth-order valence-electron chi connectivity index (χ4n) is 7.11. The van der Waals surface area contributed by atoms with Crippen molar-refractivity contribution in [1.29, 1.82) is 0 Å². The fraction of sp³-hybridized carbons (Fsp3) is 0. The zero-order valence-electron chi connectivity index (χ0n) is 27.0. The van der Waals surface area contributed by atoms with Crippen LogP contribution in [0, 0.1) is 48.4 Å². The summed E-state index contributed by atoms with van der Waals surface area (Å²) in [6, 6.07) is 50.6. The van der Waals surface area contributed by atoms with E-state index in [2.05, 4.69) is 157 Å². The van der Waals surface area contributed by atoms with Crippen LogP contribution in [-0.4, -0.2) is 0 Å². The minimum Gasteiger partial charge on any atom is -0.115 e. The molecular weight excluding hydrogens is 601 g/mol. The lowest BCUT2D eigenvalue weighted by molar-refractivity contribution is 1.68. The van der Waals surface area contributed by atoms with E-state index in [0.29, 0.717) is 0 Å². The Balaban J connectivity index is 1.17. The molecule has 0 aliphatic heterocycles. The van der Waals surface area contributed by atoms with E-state index in [1.807, 2.05) is 24.3 Å². The van der Waals surface area contributed by atoms with Crippen molar-refractivity contribution < 1.29 is 0 Å². The summed E-state index contributed by atoms with van der Waals surface area (Å²) in [5, 5.41) is 13.3. The molecule has 0 heteroatoms. The maximum Gasteiger partial charge on any atom is 0.0327 e. The molecule has 0 aromatic heterocycles. The lowest BCUT2D eigenvalue weighted by Gasteiger charge is -2.08.